The van der Waals surface area contributed by atoms with Gasteiger partial charge in [-0.2, -0.15) is 0 Å². The Kier molecular flexibility index (Phi) is 6.62. The Hall–Kier alpha value is -1.64. The van der Waals surface area contributed by atoms with Gasteiger partial charge in [0.1, 0.15) is 0 Å². The first-order valence-corrected chi connectivity index (χ1v) is 10.2. The number of carbonyl (C=O) groups is 1. The smallest absolute Gasteiger partial charge is 0.237 e. The Balaban J connectivity index is 1.77. The summed E-state index contributed by atoms with van der Waals surface area (Å²) in [6, 6.07) is 9.94. The zero-order chi connectivity index (χ0) is 20.4. The minimum Gasteiger partial charge on any atom is -0.335 e. The molecule has 0 aliphatic rings. The second-order valence-corrected chi connectivity index (χ2v) is 8.59. The highest BCUT2D eigenvalue weighted by Gasteiger charge is 2.22. The zero-order valence-corrected chi connectivity index (χ0v) is 18.1. The molecule has 1 amide bonds. The SMILES string of the molecule is CC(Sc1nnc(-c2cc(Cl)ccc2Cl)n1N)C(=O)Nc1cccc(Cl)c1Cl. The van der Waals surface area contributed by atoms with Gasteiger partial charge in [-0.3, -0.25) is 4.79 Å². The van der Waals surface area contributed by atoms with Gasteiger partial charge in [0.25, 0.3) is 0 Å². The summed E-state index contributed by atoms with van der Waals surface area (Å²) >= 11 is 25.4. The number of carbonyl (C=O) groups excluding carboxylic acids is 1. The number of anilines is 1. The second kappa shape index (κ2) is 8.80. The first kappa shape index (κ1) is 21.1. The average Bonchev–Trinajstić information content (AvgIpc) is 3.01. The number of halogens is 4. The number of nitrogen functional groups attached to an aromatic ring is 1. The topological polar surface area (TPSA) is 85.8 Å². The molecule has 0 radical (unpaired) electrons. The quantitative estimate of drug-likeness (QED) is 0.380. The Morgan fingerprint density at radius 1 is 1.14 bits per heavy atom. The molecule has 0 bridgehead atoms. The van der Waals surface area contributed by atoms with Crippen LogP contribution in [0.4, 0.5) is 5.69 Å². The van der Waals surface area contributed by atoms with Gasteiger partial charge in [0, 0.05) is 10.6 Å². The molecule has 0 saturated carbocycles. The van der Waals surface area contributed by atoms with Gasteiger partial charge in [-0.15, -0.1) is 10.2 Å². The van der Waals surface area contributed by atoms with Crippen LogP contribution in [-0.4, -0.2) is 26.0 Å². The first-order chi connectivity index (χ1) is 13.3. The molecule has 0 fully saturated rings. The van der Waals surface area contributed by atoms with Crippen LogP contribution in [-0.2, 0) is 4.79 Å². The molecule has 1 atom stereocenters. The maximum Gasteiger partial charge on any atom is 0.237 e. The number of nitrogens with zero attached hydrogens (tertiary/aromatic N) is 3. The molecule has 0 aliphatic heterocycles. The predicted octanol–water partition coefficient (Wildman–Crippen LogP) is 5.39. The molecule has 0 aliphatic carbocycles. The predicted molar refractivity (Wildman–Crippen MR) is 116 cm³/mol. The highest BCUT2D eigenvalue weighted by atomic mass is 35.5. The van der Waals surface area contributed by atoms with Crippen molar-refractivity contribution in [2.24, 2.45) is 0 Å². The fraction of sp³-hybridized carbons (Fsp3) is 0.118. The van der Waals surface area contributed by atoms with E-state index in [-0.39, 0.29) is 10.9 Å². The number of aromatic nitrogens is 3. The molecule has 3 rings (SSSR count). The molecule has 0 saturated heterocycles. The molecule has 1 unspecified atom stereocenters. The zero-order valence-electron chi connectivity index (χ0n) is 14.3. The summed E-state index contributed by atoms with van der Waals surface area (Å²) in [5.74, 6) is 6.14. The molecular formula is C17H13Cl4N5OS. The lowest BCUT2D eigenvalue weighted by molar-refractivity contribution is -0.115. The Bertz CT molecular complexity index is 1040. The van der Waals surface area contributed by atoms with Crippen LogP contribution in [0.3, 0.4) is 0 Å². The third kappa shape index (κ3) is 4.50. The van der Waals surface area contributed by atoms with Gasteiger partial charge in [-0.05, 0) is 37.3 Å². The van der Waals surface area contributed by atoms with E-state index in [0.29, 0.717) is 37.3 Å². The number of nitrogens with two attached hydrogens (primary N) is 1. The highest BCUT2D eigenvalue weighted by molar-refractivity contribution is 8.00. The standard InChI is InChI=1S/C17H13Cl4N5OS/c1-8(16(27)23-13-4-2-3-12(20)14(13)21)28-17-25-24-15(26(17)22)10-7-9(18)5-6-11(10)19/h2-8H,22H2,1H3,(H,23,27). The van der Waals surface area contributed by atoms with E-state index in [1.807, 2.05) is 0 Å². The van der Waals surface area contributed by atoms with E-state index in [1.165, 1.54) is 4.68 Å². The molecule has 0 spiro atoms. The molecule has 3 N–H and O–H groups in total. The molecule has 28 heavy (non-hydrogen) atoms. The lowest BCUT2D eigenvalue weighted by atomic mass is 10.2. The van der Waals surface area contributed by atoms with E-state index < -0.39 is 5.25 Å². The summed E-state index contributed by atoms with van der Waals surface area (Å²) in [4.78, 5) is 12.5. The van der Waals surface area contributed by atoms with E-state index in [1.54, 1.807) is 43.3 Å². The van der Waals surface area contributed by atoms with Crippen LogP contribution in [0.25, 0.3) is 11.4 Å². The van der Waals surface area contributed by atoms with Gasteiger partial charge in [-0.1, -0.05) is 64.2 Å². The monoisotopic (exact) mass is 475 g/mol. The van der Waals surface area contributed by atoms with Gasteiger partial charge in [0.05, 0.1) is 26.0 Å². The Labute approximate surface area is 185 Å². The molecule has 11 heteroatoms. The van der Waals surface area contributed by atoms with Gasteiger partial charge < -0.3 is 11.2 Å². The van der Waals surface area contributed by atoms with E-state index in [4.69, 9.17) is 52.2 Å². The van der Waals surface area contributed by atoms with Gasteiger partial charge >= 0.3 is 0 Å². The van der Waals surface area contributed by atoms with E-state index in [0.717, 1.165) is 11.8 Å². The molecule has 3 aromatic rings. The van der Waals surface area contributed by atoms with Crippen LogP contribution in [0.1, 0.15) is 6.92 Å². The van der Waals surface area contributed by atoms with Crippen molar-refractivity contribution >= 4 is 69.8 Å². The van der Waals surface area contributed by atoms with E-state index in [9.17, 15) is 4.79 Å². The van der Waals surface area contributed by atoms with Crippen molar-refractivity contribution in [1.29, 1.82) is 0 Å². The summed E-state index contributed by atoms with van der Waals surface area (Å²) in [6.45, 7) is 1.71. The van der Waals surface area contributed by atoms with Crippen molar-refractivity contribution in [2.45, 2.75) is 17.3 Å². The molecule has 1 aromatic heterocycles. The molecule has 2 aromatic carbocycles. The minimum atomic E-state index is -0.538. The molecule has 6 nitrogen and oxygen atoms in total. The van der Waals surface area contributed by atoms with Crippen molar-refractivity contribution in [3.8, 4) is 11.4 Å². The van der Waals surface area contributed by atoms with E-state index >= 15 is 0 Å². The largest absolute Gasteiger partial charge is 0.335 e. The maximum absolute atomic E-state index is 12.5. The van der Waals surface area contributed by atoms with Crippen LogP contribution in [0.2, 0.25) is 20.1 Å². The van der Waals surface area contributed by atoms with Crippen LogP contribution < -0.4 is 11.2 Å². The van der Waals surface area contributed by atoms with Crippen molar-refractivity contribution in [2.75, 3.05) is 11.2 Å². The fourth-order valence-electron chi connectivity index (χ4n) is 2.26. The third-order valence-electron chi connectivity index (χ3n) is 3.69. The minimum absolute atomic E-state index is 0.273. The van der Waals surface area contributed by atoms with Crippen LogP contribution >= 0.6 is 58.2 Å². The van der Waals surface area contributed by atoms with Crippen LogP contribution in [0, 0.1) is 0 Å². The lowest BCUT2D eigenvalue weighted by Crippen LogP contribution is -2.23. The van der Waals surface area contributed by atoms with Gasteiger partial charge in [0.2, 0.25) is 11.1 Å². The number of rotatable bonds is 5. The number of thioether (sulfide) groups is 1. The first-order valence-electron chi connectivity index (χ1n) is 7.85. The van der Waals surface area contributed by atoms with Gasteiger partial charge in [0.15, 0.2) is 5.82 Å². The summed E-state index contributed by atoms with van der Waals surface area (Å²) < 4.78 is 1.26. The second-order valence-electron chi connectivity index (χ2n) is 5.65. The number of hydrogen-bond donors (Lipinski definition) is 2. The molecule has 1 heterocycles. The summed E-state index contributed by atoms with van der Waals surface area (Å²) in [5, 5.41) is 12.2. The normalized spacial score (nSPS) is 12.0. The van der Waals surface area contributed by atoms with Crippen LogP contribution in [0.5, 0.6) is 0 Å². The molecule has 146 valence electrons. The number of benzene rings is 2. The molecular weight excluding hydrogens is 464 g/mol. The number of amides is 1. The third-order valence-corrected chi connectivity index (χ3v) is 6.14. The number of nitrogens with one attached hydrogen (secondary N) is 1. The van der Waals surface area contributed by atoms with E-state index in [2.05, 4.69) is 15.5 Å². The summed E-state index contributed by atoms with van der Waals surface area (Å²) in [5.41, 5.74) is 0.964. The Morgan fingerprint density at radius 2 is 1.89 bits per heavy atom. The van der Waals surface area contributed by atoms with Crippen molar-refractivity contribution in [3.63, 3.8) is 0 Å². The summed E-state index contributed by atoms with van der Waals surface area (Å²) in [7, 11) is 0. The van der Waals surface area contributed by atoms with Gasteiger partial charge in [-0.25, -0.2) is 4.68 Å². The Morgan fingerprint density at radius 3 is 2.64 bits per heavy atom. The maximum atomic E-state index is 12.5. The summed E-state index contributed by atoms with van der Waals surface area (Å²) in [6.07, 6.45) is 0. The van der Waals surface area contributed by atoms with Crippen molar-refractivity contribution < 1.29 is 4.79 Å². The average molecular weight is 477 g/mol. The fourth-order valence-corrected chi connectivity index (χ4v) is 3.75. The lowest BCUT2D eigenvalue weighted by Gasteiger charge is -2.13. The van der Waals surface area contributed by atoms with Crippen molar-refractivity contribution in [1.82, 2.24) is 14.9 Å². The van der Waals surface area contributed by atoms with Crippen molar-refractivity contribution in [3.05, 3.63) is 56.5 Å². The van der Waals surface area contributed by atoms with Crippen LogP contribution in [0.15, 0.2) is 41.6 Å². The number of hydrogen-bond acceptors (Lipinski definition) is 5. The highest BCUT2D eigenvalue weighted by Crippen LogP contribution is 2.33.